The highest BCUT2D eigenvalue weighted by Gasteiger charge is 2.46. The molecule has 2 aliphatic rings. The highest BCUT2D eigenvalue weighted by Crippen LogP contribution is 2.35. The van der Waals surface area contributed by atoms with Crippen molar-refractivity contribution in [3.05, 3.63) is 75.9 Å². The number of non-ortho nitro benzene ring substituents is 1. The molecule has 2 aromatic rings. The van der Waals surface area contributed by atoms with E-state index in [2.05, 4.69) is 10.6 Å². The number of imide groups is 1. The summed E-state index contributed by atoms with van der Waals surface area (Å²) in [6.07, 6.45) is 5.02. The van der Waals surface area contributed by atoms with Gasteiger partial charge in [-0.25, -0.2) is 0 Å². The summed E-state index contributed by atoms with van der Waals surface area (Å²) in [5.41, 5.74) is 1.80. The number of rotatable bonds is 7. The first-order valence-corrected chi connectivity index (χ1v) is 10.8. The fourth-order valence-electron chi connectivity index (χ4n) is 4.30. The van der Waals surface area contributed by atoms with Crippen LogP contribution in [-0.2, 0) is 9.59 Å². The maximum Gasteiger partial charge on any atom is 0.270 e. The summed E-state index contributed by atoms with van der Waals surface area (Å²) in [7, 11) is 0. The average Bonchev–Trinajstić information content (AvgIpc) is 3.04. The monoisotopic (exact) mass is 448 g/mol. The molecule has 0 spiro atoms. The first-order valence-electron chi connectivity index (χ1n) is 10.8. The van der Waals surface area contributed by atoms with E-state index in [9.17, 15) is 24.5 Å². The van der Waals surface area contributed by atoms with Gasteiger partial charge in [0.05, 0.1) is 22.3 Å². The topological polar surface area (TPSA) is 122 Å². The number of nitrogens with one attached hydrogen (secondary N) is 2. The maximum absolute atomic E-state index is 12.9. The van der Waals surface area contributed by atoms with Crippen LogP contribution in [-0.4, -0.2) is 40.6 Å². The molecule has 1 saturated heterocycles. The van der Waals surface area contributed by atoms with E-state index in [1.54, 1.807) is 18.2 Å². The van der Waals surface area contributed by atoms with Gasteiger partial charge in [0.1, 0.15) is 0 Å². The SMILES string of the molecule is Cc1cccc(NC(=O)c2cc([N+](=O)[O-])ccc2NCCN2C(=O)[C@H]3CC=CC[C@H]3C2=O)c1. The summed E-state index contributed by atoms with van der Waals surface area (Å²) in [5.74, 6) is -1.43. The molecular formula is C24H24N4O5. The number of allylic oxidation sites excluding steroid dienone is 2. The lowest BCUT2D eigenvalue weighted by Crippen LogP contribution is -2.35. The van der Waals surface area contributed by atoms with Gasteiger partial charge >= 0.3 is 0 Å². The van der Waals surface area contributed by atoms with Crippen LogP contribution in [0.4, 0.5) is 17.1 Å². The van der Waals surface area contributed by atoms with Crippen LogP contribution in [0.25, 0.3) is 0 Å². The molecule has 3 amide bonds. The summed E-state index contributed by atoms with van der Waals surface area (Å²) in [6.45, 7) is 2.26. The third-order valence-electron chi connectivity index (χ3n) is 5.98. The number of likely N-dealkylation sites (tertiary alicyclic amines) is 1. The zero-order valence-corrected chi connectivity index (χ0v) is 18.1. The van der Waals surface area contributed by atoms with E-state index in [4.69, 9.17) is 0 Å². The number of fused-ring (bicyclic) bond motifs is 1. The van der Waals surface area contributed by atoms with Crippen LogP contribution in [0, 0.1) is 28.9 Å². The van der Waals surface area contributed by atoms with E-state index in [0.717, 1.165) is 5.56 Å². The molecule has 1 fully saturated rings. The molecule has 1 aliphatic carbocycles. The van der Waals surface area contributed by atoms with Crippen molar-refractivity contribution in [2.24, 2.45) is 11.8 Å². The molecule has 0 saturated carbocycles. The Hall–Kier alpha value is -4.01. The molecule has 9 nitrogen and oxygen atoms in total. The number of amides is 3. The predicted molar refractivity (Wildman–Crippen MR) is 123 cm³/mol. The van der Waals surface area contributed by atoms with Crippen LogP contribution in [0.3, 0.4) is 0 Å². The van der Waals surface area contributed by atoms with E-state index < -0.39 is 10.8 Å². The van der Waals surface area contributed by atoms with Crippen LogP contribution in [0.1, 0.15) is 28.8 Å². The molecule has 2 N–H and O–H groups in total. The number of carbonyl (C=O) groups excluding carboxylic acids is 3. The molecule has 0 bridgehead atoms. The second-order valence-corrected chi connectivity index (χ2v) is 8.22. The lowest BCUT2D eigenvalue weighted by atomic mass is 9.85. The number of hydrogen-bond acceptors (Lipinski definition) is 6. The van der Waals surface area contributed by atoms with Gasteiger partial charge in [0, 0.05) is 36.6 Å². The first kappa shape index (κ1) is 22.2. The molecule has 170 valence electrons. The van der Waals surface area contributed by atoms with Gasteiger partial charge in [-0.05, 0) is 43.5 Å². The van der Waals surface area contributed by atoms with Gasteiger partial charge in [-0.1, -0.05) is 24.3 Å². The molecule has 0 radical (unpaired) electrons. The number of aryl methyl sites for hydroxylation is 1. The molecule has 9 heteroatoms. The van der Waals surface area contributed by atoms with E-state index >= 15 is 0 Å². The molecule has 1 aliphatic heterocycles. The predicted octanol–water partition coefficient (Wildman–Crippen LogP) is 3.52. The summed E-state index contributed by atoms with van der Waals surface area (Å²) >= 11 is 0. The molecule has 0 aromatic heterocycles. The number of nitro groups is 1. The Morgan fingerprint density at radius 2 is 1.79 bits per heavy atom. The maximum atomic E-state index is 12.9. The van der Waals surface area contributed by atoms with Crippen molar-refractivity contribution in [1.29, 1.82) is 0 Å². The van der Waals surface area contributed by atoms with Gasteiger partial charge in [-0.2, -0.15) is 0 Å². The lowest BCUT2D eigenvalue weighted by Gasteiger charge is -2.17. The van der Waals surface area contributed by atoms with Crippen LogP contribution in [0.2, 0.25) is 0 Å². The van der Waals surface area contributed by atoms with Crippen LogP contribution >= 0.6 is 0 Å². The summed E-state index contributed by atoms with van der Waals surface area (Å²) in [4.78, 5) is 50.1. The summed E-state index contributed by atoms with van der Waals surface area (Å²) in [5, 5.41) is 17.1. The lowest BCUT2D eigenvalue weighted by molar-refractivity contribution is -0.384. The number of benzene rings is 2. The molecule has 2 aromatic carbocycles. The van der Waals surface area contributed by atoms with Crippen molar-refractivity contribution < 1.29 is 19.3 Å². The third-order valence-corrected chi connectivity index (χ3v) is 5.98. The number of carbonyl (C=O) groups is 3. The Morgan fingerprint density at radius 1 is 1.09 bits per heavy atom. The second-order valence-electron chi connectivity index (χ2n) is 8.22. The Bertz CT molecular complexity index is 1130. The van der Waals surface area contributed by atoms with Crippen molar-refractivity contribution >= 4 is 34.8 Å². The van der Waals surface area contributed by atoms with Crippen molar-refractivity contribution in [1.82, 2.24) is 4.90 Å². The van der Waals surface area contributed by atoms with Gasteiger partial charge in [0.25, 0.3) is 11.6 Å². The summed E-state index contributed by atoms with van der Waals surface area (Å²) < 4.78 is 0. The summed E-state index contributed by atoms with van der Waals surface area (Å²) in [6, 6.07) is 11.2. The van der Waals surface area contributed by atoms with Gasteiger partial charge in [-0.15, -0.1) is 0 Å². The van der Waals surface area contributed by atoms with Gasteiger partial charge in [-0.3, -0.25) is 29.4 Å². The first-order chi connectivity index (χ1) is 15.8. The van der Waals surface area contributed by atoms with E-state index in [1.165, 1.54) is 23.1 Å². The number of hydrogen-bond donors (Lipinski definition) is 2. The molecule has 1 heterocycles. The minimum Gasteiger partial charge on any atom is -0.383 e. The van der Waals surface area contributed by atoms with Crippen molar-refractivity contribution in [3.8, 4) is 0 Å². The van der Waals surface area contributed by atoms with E-state index in [1.807, 2.05) is 25.1 Å². The zero-order chi connectivity index (χ0) is 23.5. The van der Waals surface area contributed by atoms with Gasteiger partial charge in [0.2, 0.25) is 11.8 Å². The molecule has 0 unspecified atom stereocenters. The third kappa shape index (κ3) is 4.62. The van der Waals surface area contributed by atoms with Crippen LogP contribution < -0.4 is 10.6 Å². The van der Waals surface area contributed by atoms with E-state index in [0.29, 0.717) is 24.2 Å². The zero-order valence-electron chi connectivity index (χ0n) is 18.1. The molecular weight excluding hydrogens is 424 g/mol. The average molecular weight is 448 g/mol. The standard InChI is InChI=1S/C24H24N4O5/c1-15-5-4-6-16(13-15)26-22(29)20-14-17(28(32)33)9-10-21(20)25-11-12-27-23(30)18-7-2-3-8-19(18)24(27)31/h2-6,9-10,13-14,18-19,25H,7-8,11-12H2,1H3,(H,26,29)/t18-,19+. The van der Waals surface area contributed by atoms with Crippen molar-refractivity contribution in [2.75, 3.05) is 23.7 Å². The number of anilines is 2. The van der Waals surface area contributed by atoms with Gasteiger partial charge in [0.15, 0.2) is 0 Å². The Labute approximate surface area is 190 Å². The molecule has 33 heavy (non-hydrogen) atoms. The molecule has 2 atom stereocenters. The van der Waals surface area contributed by atoms with Crippen molar-refractivity contribution in [2.45, 2.75) is 19.8 Å². The number of nitrogens with zero attached hydrogens (tertiary/aromatic N) is 2. The Kier molecular flexibility index (Phi) is 6.21. The van der Waals surface area contributed by atoms with Crippen LogP contribution in [0.5, 0.6) is 0 Å². The highest BCUT2D eigenvalue weighted by atomic mass is 16.6. The Morgan fingerprint density at radius 3 is 2.42 bits per heavy atom. The fourth-order valence-corrected chi connectivity index (χ4v) is 4.30. The normalized spacial score (nSPS) is 19.4. The largest absolute Gasteiger partial charge is 0.383 e. The van der Waals surface area contributed by atoms with Crippen molar-refractivity contribution in [3.63, 3.8) is 0 Å². The number of nitro benzene ring substituents is 1. The minimum absolute atomic E-state index is 0.0997. The smallest absolute Gasteiger partial charge is 0.270 e. The van der Waals surface area contributed by atoms with Crippen LogP contribution in [0.15, 0.2) is 54.6 Å². The second kappa shape index (κ2) is 9.23. The quantitative estimate of drug-likeness (QED) is 0.289. The fraction of sp³-hybridized carbons (Fsp3) is 0.292. The minimum atomic E-state index is -0.565. The van der Waals surface area contributed by atoms with E-state index in [-0.39, 0.29) is 48.0 Å². The molecule has 4 rings (SSSR count). The Balaban J connectivity index is 1.48. The highest BCUT2D eigenvalue weighted by molar-refractivity contribution is 6.08. The van der Waals surface area contributed by atoms with Gasteiger partial charge < -0.3 is 10.6 Å².